The van der Waals surface area contributed by atoms with Gasteiger partial charge in [-0.05, 0) is 5.56 Å². The largest absolute Gasteiger partial charge is 0.383 e. The molecule has 3 rings (SSSR count). The summed E-state index contributed by atoms with van der Waals surface area (Å²) in [6.45, 7) is 0.169. The Balaban J connectivity index is 1.92. The minimum absolute atomic E-state index is 0.169. The van der Waals surface area contributed by atoms with E-state index in [4.69, 9.17) is 5.73 Å². The maximum atomic E-state index is 10.7. The molecule has 0 bridgehead atoms. The predicted molar refractivity (Wildman–Crippen MR) is 76.2 cm³/mol. The summed E-state index contributed by atoms with van der Waals surface area (Å²) in [5.74, 6) is 0. The van der Waals surface area contributed by atoms with Gasteiger partial charge in [-0.15, -0.1) is 11.3 Å². The molecule has 0 saturated carbocycles. The number of rotatable bonds is 4. The molecular formula is C14H15N3OS. The maximum absolute atomic E-state index is 10.7. The van der Waals surface area contributed by atoms with Crippen LogP contribution in [-0.2, 0) is 12.0 Å². The monoisotopic (exact) mass is 273 g/mol. The Morgan fingerprint density at radius 1 is 1.32 bits per heavy atom. The summed E-state index contributed by atoms with van der Waals surface area (Å²) >= 11 is 1.58. The van der Waals surface area contributed by atoms with Gasteiger partial charge >= 0.3 is 0 Å². The molecule has 19 heavy (non-hydrogen) atoms. The van der Waals surface area contributed by atoms with Crippen LogP contribution in [0.1, 0.15) is 11.3 Å². The number of aromatic nitrogens is 2. The highest BCUT2D eigenvalue weighted by Gasteiger charge is 2.29. The molecular weight excluding hydrogens is 258 g/mol. The minimum atomic E-state index is -1.06. The number of nitrogens with two attached hydrogens (primary N) is 1. The molecule has 0 aliphatic rings. The van der Waals surface area contributed by atoms with E-state index in [9.17, 15) is 5.11 Å². The number of hydrogen-bond acceptors (Lipinski definition) is 4. The Labute approximate surface area is 115 Å². The van der Waals surface area contributed by atoms with Crippen LogP contribution in [0, 0.1) is 0 Å². The van der Waals surface area contributed by atoms with Crippen LogP contribution >= 0.6 is 11.3 Å². The van der Waals surface area contributed by atoms with Gasteiger partial charge in [0.25, 0.3) is 0 Å². The Morgan fingerprint density at radius 2 is 2.11 bits per heavy atom. The van der Waals surface area contributed by atoms with E-state index in [1.807, 2.05) is 52.5 Å². The summed E-state index contributed by atoms with van der Waals surface area (Å²) in [7, 11) is 0. The van der Waals surface area contributed by atoms with Crippen LogP contribution in [0.25, 0.3) is 4.96 Å². The fraction of sp³-hybridized carbons (Fsp3) is 0.214. The van der Waals surface area contributed by atoms with Gasteiger partial charge < -0.3 is 10.8 Å². The van der Waals surface area contributed by atoms with Gasteiger partial charge in [0.05, 0.1) is 5.69 Å². The zero-order valence-corrected chi connectivity index (χ0v) is 11.2. The average molecular weight is 273 g/mol. The molecule has 5 heteroatoms. The Hall–Kier alpha value is -1.69. The Kier molecular flexibility index (Phi) is 3.10. The van der Waals surface area contributed by atoms with Crippen LogP contribution in [0.5, 0.6) is 0 Å². The number of hydrogen-bond donors (Lipinski definition) is 2. The van der Waals surface area contributed by atoms with Gasteiger partial charge in [-0.25, -0.2) is 4.98 Å². The fourth-order valence-corrected chi connectivity index (χ4v) is 2.92. The lowest BCUT2D eigenvalue weighted by atomic mass is 9.89. The van der Waals surface area contributed by atoms with Crippen molar-refractivity contribution in [2.75, 3.05) is 6.54 Å². The van der Waals surface area contributed by atoms with Crippen LogP contribution < -0.4 is 5.73 Å². The first-order chi connectivity index (χ1) is 9.21. The lowest BCUT2D eigenvalue weighted by Gasteiger charge is -2.26. The zero-order valence-electron chi connectivity index (χ0n) is 10.4. The molecule has 0 fully saturated rings. The molecule has 0 saturated heterocycles. The average Bonchev–Trinajstić information content (AvgIpc) is 3.00. The normalized spacial score (nSPS) is 14.6. The number of thiazole rings is 1. The highest BCUT2D eigenvalue weighted by atomic mass is 32.1. The molecule has 0 radical (unpaired) electrons. The highest BCUT2D eigenvalue weighted by molar-refractivity contribution is 7.15. The van der Waals surface area contributed by atoms with Crippen molar-refractivity contribution in [3.05, 3.63) is 59.4 Å². The van der Waals surface area contributed by atoms with Gasteiger partial charge in [0, 0.05) is 30.7 Å². The first kappa shape index (κ1) is 12.3. The number of fused-ring (bicyclic) bond motifs is 1. The third-order valence-electron chi connectivity index (χ3n) is 3.27. The first-order valence-electron chi connectivity index (χ1n) is 6.10. The van der Waals surface area contributed by atoms with Crippen molar-refractivity contribution in [1.82, 2.24) is 9.38 Å². The second-order valence-electron chi connectivity index (χ2n) is 4.60. The molecule has 4 nitrogen and oxygen atoms in total. The molecule has 3 aromatic rings. The van der Waals surface area contributed by atoms with E-state index in [0.29, 0.717) is 6.42 Å². The standard InChI is InChI=1S/C14H15N3OS/c15-10-14(18,11-4-2-1-3-5-11)8-12-9-17-6-7-19-13(17)16-12/h1-7,9,18H,8,10,15H2. The molecule has 1 atom stereocenters. The quantitative estimate of drug-likeness (QED) is 0.761. The summed E-state index contributed by atoms with van der Waals surface area (Å²) < 4.78 is 1.96. The number of aliphatic hydroxyl groups is 1. The molecule has 98 valence electrons. The van der Waals surface area contributed by atoms with Crippen LogP contribution in [-0.4, -0.2) is 21.0 Å². The summed E-state index contributed by atoms with van der Waals surface area (Å²) in [4.78, 5) is 5.43. The summed E-state index contributed by atoms with van der Waals surface area (Å²) in [6, 6.07) is 9.52. The van der Waals surface area contributed by atoms with Crippen molar-refractivity contribution in [1.29, 1.82) is 0 Å². The predicted octanol–water partition coefficient (Wildman–Crippen LogP) is 1.78. The van der Waals surface area contributed by atoms with Gasteiger partial charge in [0.1, 0.15) is 5.60 Å². The van der Waals surface area contributed by atoms with E-state index >= 15 is 0 Å². The first-order valence-corrected chi connectivity index (χ1v) is 6.98. The second-order valence-corrected chi connectivity index (χ2v) is 5.48. The zero-order chi connectivity index (χ0) is 13.3. The van der Waals surface area contributed by atoms with Gasteiger partial charge in [-0.2, -0.15) is 0 Å². The minimum Gasteiger partial charge on any atom is -0.383 e. The molecule has 2 heterocycles. The van der Waals surface area contributed by atoms with Crippen molar-refractivity contribution in [3.63, 3.8) is 0 Å². The third-order valence-corrected chi connectivity index (χ3v) is 4.04. The van der Waals surface area contributed by atoms with Gasteiger partial charge in [-0.1, -0.05) is 30.3 Å². The Bertz CT molecular complexity index is 648. The van der Waals surface area contributed by atoms with Crippen LogP contribution in [0.2, 0.25) is 0 Å². The maximum Gasteiger partial charge on any atom is 0.193 e. The lowest BCUT2D eigenvalue weighted by Crippen LogP contribution is -2.37. The summed E-state index contributed by atoms with van der Waals surface area (Å²) in [6.07, 6.45) is 4.32. The molecule has 1 aromatic carbocycles. The van der Waals surface area contributed by atoms with E-state index in [1.54, 1.807) is 11.3 Å². The van der Waals surface area contributed by atoms with Crippen molar-refractivity contribution in [2.24, 2.45) is 5.73 Å². The lowest BCUT2D eigenvalue weighted by molar-refractivity contribution is 0.0454. The number of nitrogens with zero attached hydrogens (tertiary/aromatic N) is 2. The summed E-state index contributed by atoms with van der Waals surface area (Å²) in [5, 5.41) is 12.7. The van der Waals surface area contributed by atoms with E-state index in [-0.39, 0.29) is 6.54 Å². The van der Waals surface area contributed by atoms with Crippen LogP contribution in [0.15, 0.2) is 48.1 Å². The Morgan fingerprint density at radius 3 is 2.79 bits per heavy atom. The smallest absolute Gasteiger partial charge is 0.193 e. The molecule has 0 amide bonds. The van der Waals surface area contributed by atoms with E-state index < -0.39 is 5.60 Å². The molecule has 0 spiro atoms. The van der Waals surface area contributed by atoms with Crippen molar-refractivity contribution in [3.8, 4) is 0 Å². The van der Waals surface area contributed by atoms with Gasteiger partial charge in [0.2, 0.25) is 0 Å². The summed E-state index contributed by atoms with van der Waals surface area (Å²) in [5.41, 5.74) is 6.39. The van der Waals surface area contributed by atoms with E-state index in [2.05, 4.69) is 4.98 Å². The molecule has 1 unspecified atom stereocenters. The highest BCUT2D eigenvalue weighted by Crippen LogP contribution is 2.25. The van der Waals surface area contributed by atoms with Gasteiger partial charge in [-0.3, -0.25) is 4.40 Å². The molecule has 0 aliphatic heterocycles. The van der Waals surface area contributed by atoms with Crippen molar-refractivity contribution >= 4 is 16.3 Å². The number of imidazole rings is 1. The van der Waals surface area contributed by atoms with Crippen LogP contribution in [0.4, 0.5) is 0 Å². The molecule has 2 aromatic heterocycles. The topological polar surface area (TPSA) is 63.5 Å². The van der Waals surface area contributed by atoms with E-state index in [1.165, 1.54) is 0 Å². The molecule has 0 aliphatic carbocycles. The second kappa shape index (κ2) is 4.77. The van der Waals surface area contributed by atoms with Crippen LogP contribution in [0.3, 0.4) is 0 Å². The van der Waals surface area contributed by atoms with Crippen molar-refractivity contribution < 1.29 is 5.11 Å². The number of benzene rings is 1. The fourth-order valence-electron chi connectivity index (χ4n) is 2.20. The third kappa shape index (κ3) is 2.28. The van der Waals surface area contributed by atoms with Crippen molar-refractivity contribution in [2.45, 2.75) is 12.0 Å². The van der Waals surface area contributed by atoms with Gasteiger partial charge in [0.15, 0.2) is 4.96 Å². The molecule has 3 N–H and O–H groups in total. The SMILES string of the molecule is NCC(O)(Cc1cn2ccsc2n1)c1ccccc1. The van der Waals surface area contributed by atoms with E-state index in [0.717, 1.165) is 16.2 Å².